The summed E-state index contributed by atoms with van der Waals surface area (Å²) in [5, 5.41) is 3.48. The van der Waals surface area contributed by atoms with Crippen molar-refractivity contribution in [1.82, 2.24) is 9.55 Å². The predicted octanol–water partition coefficient (Wildman–Crippen LogP) is 4.92. The number of nitrogens with zero attached hydrogens (tertiary/aromatic N) is 2. The first-order valence-electron chi connectivity index (χ1n) is 10.2. The van der Waals surface area contributed by atoms with E-state index >= 15 is 0 Å². The Morgan fingerprint density at radius 1 is 1.23 bits per heavy atom. The normalized spacial score (nSPS) is 15.7. The number of hydrogen-bond acceptors (Lipinski definition) is 5. The van der Waals surface area contributed by atoms with Gasteiger partial charge in [-0.05, 0) is 49.4 Å². The van der Waals surface area contributed by atoms with Gasteiger partial charge in [0.2, 0.25) is 0 Å². The molecular weight excluding hydrogens is 392 g/mol. The van der Waals surface area contributed by atoms with Gasteiger partial charge in [-0.15, -0.1) is 0 Å². The molecule has 1 aromatic heterocycles. The largest absolute Gasteiger partial charge is 0.493 e. The molecule has 2 aromatic carbocycles. The van der Waals surface area contributed by atoms with Crippen molar-refractivity contribution in [3.63, 3.8) is 0 Å². The Morgan fingerprint density at radius 2 is 2.10 bits per heavy atom. The molecule has 8 heteroatoms. The predicted molar refractivity (Wildman–Crippen MR) is 110 cm³/mol. The zero-order valence-corrected chi connectivity index (χ0v) is 16.7. The van der Waals surface area contributed by atoms with Gasteiger partial charge in [0.1, 0.15) is 17.1 Å². The fourth-order valence-electron chi connectivity index (χ4n) is 3.87. The van der Waals surface area contributed by atoms with Crippen LogP contribution in [-0.2, 0) is 6.54 Å². The van der Waals surface area contributed by atoms with E-state index in [2.05, 4.69) is 14.6 Å². The Labute approximate surface area is 172 Å². The van der Waals surface area contributed by atoms with Gasteiger partial charge in [0, 0.05) is 30.4 Å². The highest BCUT2D eigenvalue weighted by molar-refractivity contribution is 5.89. The smallest absolute Gasteiger partial charge is 0.387 e. The van der Waals surface area contributed by atoms with Crippen molar-refractivity contribution in [1.29, 1.82) is 0 Å². The monoisotopic (exact) mass is 415 g/mol. The lowest BCUT2D eigenvalue weighted by Gasteiger charge is -2.12. The number of imidazole rings is 1. The molecule has 0 radical (unpaired) electrons. The molecule has 30 heavy (non-hydrogen) atoms. The number of benzene rings is 2. The van der Waals surface area contributed by atoms with Gasteiger partial charge in [0.05, 0.1) is 19.2 Å². The molecule has 1 aliphatic carbocycles. The highest BCUT2D eigenvalue weighted by Gasteiger charge is 2.23. The molecule has 1 aliphatic heterocycles. The van der Waals surface area contributed by atoms with Crippen LogP contribution >= 0.6 is 0 Å². The van der Waals surface area contributed by atoms with Gasteiger partial charge < -0.3 is 24.1 Å². The number of rotatable bonds is 7. The van der Waals surface area contributed by atoms with Crippen LogP contribution in [0.1, 0.15) is 19.3 Å². The van der Waals surface area contributed by atoms with Gasteiger partial charge in [0.25, 0.3) is 0 Å². The van der Waals surface area contributed by atoms with Gasteiger partial charge in [-0.1, -0.05) is 0 Å². The lowest BCUT2D eigenvalue weighted by molar-refractivity contribution is -0.0511. The quantitative estimate of drug-likeness (QED) is 0.594. The summed E-state index contributed by atoms with van der Waals surface area (Å²) in [6.45, 7) is -0.643. The molecule has 1 N–H and O–H groups in total. The van der Waals surface area contributed by atoms with E-state index < -0.39 is 6.61 Å². The molecule has 6 nitrogen and oxygen atoms in total. The third-order valence-electron chi connectivity index (χ3n) is 5.52. The van der Waals surface area contributed by atoms with Crippen molar-refractivity contribution in [3.05, 3.63) is 30.3 Å². The second kappa shape index (κ2) is 7.66. The summed E-state index contributed by atoms with van der Waals surface area (Å²) in [5.41, 5.74) is 3.41. The van der Waals surface area contributed by atoms with Crippen LogP contribution in [0.4, 0.5) is 14.5 Å². The van der Waals surface area contributed by atoms with Crippen LogP contribution < -0.4 is 19.5 Å². The fourth-order valence-corrected chi connectivity index (χ4v) is 3.87. The summed E-state index contributed by atoms with van der Waals surface area (Å²) in [6, 6.07) is 9.02. The van der Waals surface area contributed by atoms with Crippen LogP contribution in [0.2, 0.25) is 0 Å². The first-order valence-corrected chi connectivity index (χ1v) is 10.2. The second-order valence-electron chi connectivity index (χ2n) is 7.70. The van der Waals surface area contributed by atoms with Gasteiger partial charge >= 0.3 is 6.61 Å². The highest BCUT2D eigenvalue weighted by atomic mass is 19.3. The van der Waals surface area contributed by atoms with Crippen molar-refractivity contribution in [2.24, 2.45) is 5.92 Å². The number of anilines is 1. The van der Waals surface area contributed by atoms with E-state index in [9.17, 15) is 8.78 Å². The van der Waals surface area contributed by atoms with Crippen molar-refractivity contribution >= 4 is 16.7 Å². The van der Waals surface area contributed by atoms with Gasteiger partial charge in [-0.3, -0.25) is 0 Å². The summed E-state index contributed by atoms with van der Waals surface area (Å²) in [5.74, 6) is 2.47. The summed E-state index contributed by atoms with van der Waals surface area (Å²) < 4.78 is 43.6. The first-order chi connectivity index (χ1) is 14.6. The maximum atomic E-state index is 12.9. The number of aromatic nitrogens is 2. The van der Waals surface area contributed by atoms with Crippen LogP contribution in [-0.4, -0.2) is 36.4 Å². The molecule has 0 atom stereocenters. The van der Waals surface area contributed by atoms with Gasteiger partial charge in [-0.2, -0.15) is 8.78 Å². The lowest BCUT2D eigenvalue weighted by Crippen LogP contribution is -2.05. The van der Waals surface area contributed by atoms with E-state index in [1.165, 1.54) is 20.0 Å². The van der Waals surface area contributed by atoms with Crippen LogP contribution in [0, 0.1) is 5.92 Å². The average Bonchev–Trinajstić information content (AvgIpc) is 3.51. The van der Waals surface area contributed by atoms with Crippen LogP contribution in [0.15, 0.2) is 30.3 Å². The summed E-state index contributed by atoms with van der Waals surface area (Å²) in [6.07, 6.45) is 3.38. The number of alkyl halides is 2. The van der Waals surface area contributed by atoms with Crippen LogP contribution in [0.25, 0.3) is 22.4 Å². The molecule has 5 rings (SSSR count). The van der Waals surface area contributed by atoms with E-state index in [4.69, 9.17) is 14.5 Å². The number of methoxy groups -OCH3 is 1. The Balaban J connectivity index is 1.59. The Kier molecular flexibility index (Phi) is 4.84. The maximum absolute atomic E-state index is 12.9. The first kappa shape index (κ1) is 19.0. The van der Waals surface area contributed by atoms with E-state index in [1.54, 1.807) is 18.2 Å². The van der Waals surface area contributed by atoms with Crippen molar-refractivity contribution in [3.8, 4) is 28.6 Å². The average molecular weight is 415 g/mol. The summed E-state index contributed by atoms with van der Waals surface area (Å²) >= 11 is 0. The Bertz CT molecular complexity index is 1080. The molecule has 0 unspecified atom stereocenters. The van der Waals surface area contributed by atoms with Crippen molar-refractivity contribution < 1.29 is 23.0 Å². The third kappa shape index (κ3) is 3.62. The molecular formula is C22H23F2N3O3. The highest BCUT2D eigenvalue weighted by Crippen LogP contribution is 2.39. The van der Waals surface area contributed by atoms with Gasteiger partial charge in [0.15, 0.2) is 11.5 Å². The minimum Gasteiger partial charge on any atom is -0.493 e. The standard InChI is InChI=1S/C22H23F2N3O3/c1-28-17-6-5-14(9-18(17)30-22(23)24)21-26-16-10-15(25-12-13-3-4-13)11-19-20(16)27(21)7-2-8-29-19/h5-6,9-11,13,22,25H,2-4,7-8,12H2,1H3. The van der Waals surface area contributed by atoms with Crippen molar-refractivity contribution in [2.45, 2.75) is 32.4 Å². The minimum atomic E-state index is -2.94. The zero-order chi connectivity index (χ0) is 20.7. The van der Waals surface area contributed by atoms with E-state index in [0.717, 1.165) is 47.9 Å². The minimum absolute atomic E-state index is 0.0123. The van der Waals surface area contributed by atoms with Crippen LogP contribution in [0.3, 0.4) is 0 Å². The second-order valence-corrected chi connectivity index (χ2v) is 7.70. The molecule has 1 saturated carbocycles. The molecule has 1 fully saturated rings. The molecule has 2 heterocycles. The summed E-state index contributed by atoms with van der Waals surface area (Å²) in [4.78, 5) is 4.83. The maximum Gasteiger partial charge on any atom is 0.387 e. The van der Waals surface area contributed by atoms with Crippen molar-refractivity contribution in [2.75, 3.05) is 25.6 Å². The molecule has 2 aliphatic rings. The molecule has 158 valence electrons. The Hall–Kier alpha value is -3.03. The Morgan fingerprint density at radius 3 is 2.87 bits per heavy atom. The number of nitrogens with one attached hydrogen (secondary N) is 1. The zero-order valence-electron chi connectivity index (χ0n) is 16.7. The van der Waals surface area contributed by atoms with E-state index in [0.29, 0.717) is 18.0 Å². The molecule has 0 spiro atoms. The van der Waals surface area contributed by atoms with Crippen LogP contribution in [0.5, 0.6) is 17.2 Å². The van der Waals surface area contributed by atoms with E-state index in [-0.39, 0.29) is 11.5 Å². The van der Waals surface area contributed by atoms with Gasteiger partial charge in [-0.25, -0.2) is 4.98 Å². The summed E-state index contributed by atoms with van der Waals surface area (Å²) in [7, 11) is 1.42. The third-order valence-corrected chi connectivity index (χ3v) is 5.52. The number of hydrogen-bond donors (Lipinski definition) is 1. The number of aryl methyl sites for hydroxylation is 1. The molecule has 0 bridgehead atoms. The number of ether oxygens (including phenoxy) is 3. The topological polar surface area (TPSA) is 57.5 Å². The van der Waals surface area contributed by atoms with E-state index in [1.807, 2.05) is 12.1 Å². The molecule has 3 aromatic rings. The molecule has 0 amide bonds. The number of halogens is 2. The fraction of sp³-hybridized carbons (Fsp3) is 0.409. The SMILES string of the molecule is COc1ccc(-c2nc3cc(NCC4CC4)cc4c3n2CCCO4)cc1OC(F)F. The lowest BCUT2D eigenvalue weighted by atomic mass is 10.2. The molecule has 0 saturated heterocycles.